The second-order valence-corrected chi connectivity index (χ2v) is 7.69. The molecule has 27 heavy (non-hydrogen) atoms. The number of benzene rings is 1. The van der Waals surface area contributed by atoms with Crippen molar-refractivity contribution in [3.05, 3.63) is 59.8 Å². The van der Waals surface area contributed by atoms with Gasteiger partial charge in [0.15, 0.2) is 0 Å². The molecule has 1 aliphatic carbocycles. The number of alkyl halides is 3. The number of pyridine rings is 1. The van der Waals surface area contributed by atoms with Gasteiger partial charge in [0.25, 0.3) is 0 Å². The zero-order chi connectivity index (χ0) is 19.3. The van der Waals surface area contributed by atoms with E-state index in [1.807, 2.05) is 6.07 Å². The van der Waals surface area contributed by atoms with E-state index in [4.69, 9.17) is 0 Å². The van der Waals surface area contributed by atoms with Gasteiger partial charge in [-0.05, 0) is 49.3 Å². The summed E-state index contributed by atoms with van der Waals surface area (Å²) in [6.07, 6.45) is 0.366. The minimum atomic E-state index is -4.40. The van der Waals surface area contributed by atoms with E-state index in [-0.39, 0.29) is 17.7 Å². The Morgan fingerprint density at radius 1 is 1.07 bits per heavy atom. The van der Waals surface area contributed by atoms with Crippen molar-refractivity contribution in [2.24, 2.45) is 0 Å². The van der Waals surface area contributed by atoms with E-state index in [1.165, 1.54) is 11.6 Å². The fourth-order valence-electron chi connectivity index (χ4n) is 3.34. The summed E-state index contributed by atoms with van der Waals surface area (Å²) in [5, 5.41) is 3.44. The molecule has 1 fully saturated rings. The van der Waals surface area contributed by atoms with Crippen LogP contribution in [0.25, 0.3) is 0 Å². The first-order chi connectivity index (χ1) is 12.9. The Kier molecular flexibility index (Phi) is 6.42. The average molecular weight is 394 g/mol. The number of nitrogens with one attached hydrogen (secondary N) is 1. The fourth-order valence-corrected chi connectivity index (χ4v) is 3.99. The van der Waals surface area contributed by atoms with Crippen molar-refractivity contribution in [3.63, 3.8) is 0 Å². The van der Waals surface area contributed by atoms with Crippen molar-refractivity contribution < 1.29 is 18.0 Å². The first-order valence-electron chi connectivity index (χ1n) is 8.92. The molecule has 0 saturated heterocycles. The average Bonchev–Trinajstić information content (AvgIpc) is 2.67. The minimum Gasteiger partial charge on any atom is -0.353 e. The predicted octanol–water partition coefficient (Wildman–Crippen LogP) is 5.04. The third kappa shape index (κ3) is 5.73. The van der Waals surface area contributed by atoms with Crippen LogP contribution in [0.15, 0.2) is 53.7 Å². The van der Waals surface area contributed by atoms with Crippen molar-refractivity contribution in [2.45, 2.75) is 48.8 Å². The summed E-state index contributed by atoms with van der Waals surface area (Å²) in [4.78, 5) is 15.9. The van der Waals surface area contributed by atoms with Crippen molar-refractivity contribution in [1.82, 2.24) is 10.3 Å². The Balaban J connectivity index is 1.41. The van der Waals surface area contributed by atoms with Crippen molar-refractivity contribution in [2.75, 3.05) is 5.75 Å². The van der Waals surface area contributed by atoms with E-state index in [2.05, 4.69) is 34.6 Å². The smallest absolute Gasteiger partial charge is 0.353 e. The van der Waals surface area contributed by atoms with Gasteiger partial charge in [0.05, 0.1) is 16.3 Å². The lowest BCUT2D eigenvalue weighted by Gasteiger charge is -2.29. The van der Waals surface area contributed by atoms with Crippen LogP contribution in [-0.4, -0.2) is 22.7 Å². The molecule has 3 rings (SSSR count). The lowest BCUT2D eigenvalue weighted by Crippen LogP contribution is -2.38. The topological polar surface area (TPSA) is 42.0 Å². The van der Waals surface area contributed by atoms with Crippen LogP contribution in [0.4, 0.5) is 13.2 Å². The zero-order valence-corrected chi connectivity index (χ0v) is 15.5. The van der Waals surface area contributed by atoms with Crippen LogP contribution in [0.1, 0.15) is 42.7 Å². The molecule has 1 aromatic heterocycles. The summed E-state index contributed by atoms with van der Waals surface area (Å²) < 4.78 is 37.6. The van der Waals surface area contributed by atoms with Gasteiger partial charge in [-0.2, -0.15) is 13.2 Å². The van der Waals surface area contributed by atoms with Gasteiger partial charge < -0.3 is 5.32 Å². The predicted molar refractivity (Wildman–Crippen MR) is 99.5 cm³/mol. The van der Waals surface area contributed by atoms with E-state index in [9.17, 15) is 18.0 Å². The summed E-state index contributed by atoms with van der Waals surface area (Å²) in [6.45, 7) is 0. The second kappa shape index (κ2) is 8.78. The van der Waals surface area contributed by atoms with Gasteiger partial charge in [-0.15, -0.1) is 0 Å². The Bertz CT molecular complexity index is 742. The SMILES string of the molecule is O=C(CSc1ccc(C(F)(F)F)cn1)NC1CCC(c2ccccc2)CC1. The maximum absolute atomic E-state index is 12.5. The third-order valence-corrected chi connectivity index (χ3v) is 5.72. The first-order valence-corrected chi connectivity index (χ1v) is 9.91. The number of thioether (sulfide) groups is 1. The molecular weight excluding hydrogens is 373 g/mol. The molecule has 0 unspecified atom stereocenters. The van der Waals surface area contributed by atoms with Gasteiger partial charge in [-0.1, -0.05) is 42.1 Å². The molecule has 0 bridgehead atoms. The Morgan fingerprint density at radius 3 is 2.37 bits per heavy atom. The normalized spacial score (nSPS) is 20.3. The maximum Gasteiger partial charge on any atom is 0.417 e. The highest BCUT2D eigenvalue weighted by atomic mass is 32.2. The first kappa shape index (κ1) is 19.7. The molecule has 1 N–H and O–H groups in total. The highest BCUT2D eigenvalue weighted by Gasteiger charge is 2.30. The third-order valence-electron chi connectivity index (χ3n) is 4.78. The van der Waals surface area contributed by atoms with Crippen molar-refractivity contribution >= 4 is 17.7 Å². The molecule has 1 amide bonds. The van der Waals surface area contributed by atoms with E-state index < -0.39 is 11.7 Å². The fraction of sp³-hybridized carbons (Fsp3) is 0.400. The number of aromatic nitrogens is 1. The number of amides is 1. The van der Waals surface area contributed by atoms with Gasteiger partial charge in [0.1, 0.15) is 0 Å². The van der Waals surface area contributed by atoms with Gasteiger partial charge in [-0.3, -0.25) is 4.79 Å². The quantitative estimate of drug-likeness (QED) is 0.723. The van der Waals surface area contributed by atoms with Crippen LogP contribution in [0.5, 0.6) is 0 Å². The minimum absolute atomic E-state index is 0.107. The number of nitrogens with zero attached hydrogens (tertiary/aromatic N) is 1. The molecule has 0 aliphatic heterocycles. The molecule has 7 heteroatoms. The molecule has 144 valence electrons. The Hall–Kier alpha value is -2.02. The molecular formula is C20H21F3N2OS. The number of carbonyl (C=O) groups is 1. The van der Waals surface area contributed by atoms with Crippen LogP contribution in [-0.2, 0) is 11.0 Å². The van der Waals surface area contributed by atoms with Gasteiger partial charge in [-0.25, -0.2) is 4.98 Å². The van der Waals surface area contributed by atoms with Crippen LogP contribution in [0.2, 0.25) is 0 Å². The van der Waals surface area contributed by atoms with E-state index in [0.29, 0.717) is 10.9 Å². The van der Waals surface area contributed by atoms with Gasteiger partial charge in [0.2, 0.25) is 5.91 Å². The monoisotopic (exact) mass is 394 g/mol. The van der Waals surface area contributed by atoms with E-state index in [1.54, 1.807) is 0 Å². The number of hydrogen-bond donors (Lipinski definition) is 1. The molecule has 1 heterocycles. The van der Waals surface area contributed by atoms with E-state index >= 15 is 0 Å². The highest BCUT2D eigenvalue weighted by molar-refractivity contribution is 7.99. The Labute approximate surface area is 160 Å². The molecule has 1 aliphatic rings. The lowest BCUT2D eigenvalue weighted by molar-refractivity contribution is -0.137. The summed E-state index contributed by atoms with van der Waals surface area (Å²) in [5.74, 6) is 0.590. The molecule has 2 aromatic rings. The van der Waals surface area contributed by atoms with Crippen molar-refractivity contribution in [1.29, 1.82) is 0 Å². The number of hydrogen-bond acceptors (Lipinski definition) is 3. The zero-order valence-electron chi connectivity index (χ0n) is 14.7. The van der Waals surface area contributed by atoms with E-state index in [0.717, 1.165) is 49.7 Å². The number of halogens is 3. The maximum atomic E-state index is 12.5. The molecule has 0 atom stereocenters. The number of carbonyl (C=O) groups excluding carboxylic acids is 1. The molecule has 0 spiro atoms. The van der Waals surface area contributed by atoms with Gasteiger partial charge >= 0.3 is 6.18 Å². The van der Waals surface area contributed by atoms with Crippen LogP contribution in [0, 0.1) is 0 Å². The lowest BCUT2D eigenvalue weighted by atomic mass is 9.82. The highest BCUT2D eigenvalue weighted by Crippen LogP contribution is 2.33. The summed E-state index contributed by atoms with van der Waals surface area (Å²) >= 11 is 1.14. The summed E-state index contributed by atoms with van der Waals surface area (Å²) in [5.41, 5.74) is 0.567. The van der Waals surface area contributed by atoms with Gasteiger partial charge in [0, 0.05) is 12.2 Å². The number of rotatable bonds is 5. The Morgan fingerprint density at radius 2 is 1.78 bits per heavy atom. The summed E-state index contributed by atoms with van der Waals surface area (Å²) in [6, 6.07) is 12.9. The molecule has 1 saturated carbocycles. The summed E-state index contributed by atoms with van der Waals surface area (Å²) in [7, 11) is 0. The van der Waals surface area contributed by atoms with Crippen LogP contribution in [0.3, 0.4) is 0 Å². The largest absolute Gasteiger partial charge is 0.417 e. The second-order valence-electron chi connectivity index (χ2n) is 6.70. The molecule has 3 nitrogen and oxygen atoms in total. The molecule has 0 radical (unpaired) electrons. The molecule has 1 aromatic carbocycles. The van der Waals surface area contributed by atoms with Crippen LogP contribution >= 0.6 is 11.8 Å². The van der Waals surface area contributed by atoms with Crippen LogP contribution < -0.4 is 5.32 Å². The van der Waals surface area contributed by atoms with Crippen molar-refractivity contribution in [3.8, 4) is 0 Å². The standard InChI is InChI=1S/C20H21F3N2OS/c21-20(22,23)16-8-11-19(24-12-16)27-13-18(26)25-17-9-6-15(7-10-17)14-4-2-1-3-5-14/h1-5,8,11-12,15,17H,6-7,9-10,13H2,(H,25,26).